The maximum atomic E-state index is 12.5. The molecule has 2 amide bonds. The van der Waals surface area contributed by atoms with Crippen LogP contribution >= 0.6 is 0 Å². The number of carboxylic acid groups (broad SMARTS) is 1. The lowest BCUT2D eigenvalue weighted by Gasteiger charge is -2.26. The van der Waals surface area contributed by atoms with Gasteiger partial charge in [-0.1, -0.05) is 0 Å². The Morgan fingerprint density at radius 1 is 1.38 bits per heavy atom. The van der Waals surface area contributed by atoms with Crippen molar-refractivity contribution in [3.8, 4) is 5.75 Å². The van der Waals surface area contributed by atoms with E-state index < -0.39 is 12.5 Å². The number of ether oxygens (including phenoxy) is 1. The first-order valence-corrected chi connectivity index (χ1v) is 6.61. The quantitative estimate of drug-likeness (QED) is 0.868. The van der Waals surface area contributed by atoms with E-state index in [1.54, 1.807) is 12.0 Å². The minimum absolute atomic E-state index is 0.0135. The van der Waals surface area contributed by atoms with E-state index >= 15 is 0 Å². The van der Waals surface area contributed by atoms with E-state index in [4.69, 9.17) is 9.84 Å². The molecule has 0 bridgehead atoms. The molecule has 1 atom stereocenters. The first-order chi connectivity index (χ1) is 10.0. The van der Waals surface area contributed by atoms with Gasteiger partial charge in [0.2, 0.25) is 0 Å². The van der Waals surface area contributed by atoms with Gasteiger partial charge in [-0.2, -0.15) is 0 Å². The van der Waals surface area contributed by atoms with Crippen molar-refractivity contribution in [1.29, 1.82) is 0 Å². The van der Waals surface area contributed by atoms with Crippen LogP contribution in [-0.4, -0.2) is 60.0 Å². The third-order valence-electron chi connectivity index (χ3n) is 3.43. The van der Waals surface area contributed by atoms with Crippen molar-refractivity contribution in [1.82, 2.24) is 4.90 Å². The summed E-state index contributed by atoms with van der Waals surface area (Å²) in [5.74, 6) is -1.04. The molecule has 2 N–H and O–H groups in total. The van der Waals surface area contributed by atoms with Crippen LogP contribution in [0.2, 0.25) is 0 Å². The smallest absolute Gasteiger partial charge is 0.325 e. The molecule has 1 heterocycles. The summed E-state index contributed by atoms with van der Waals surface area (Å²) in [5.41, 5.74) is 0.432. The number of anilines is 1. The van der Waals surface area contributed by atoms with Gasteiger partial charge in [-0.05, 0) is 30.7 Å². The number of carbonyl (C=O) groups is 2. The summed E-state index contributed by atoms with van der Waals surface area (Å²) in [6.45, 7) is 0.548. The monoisotopic (exact) mass is 294 g/mol. The molecular weight excluding hydrogens is 276 g/mol. The predicted molar refractivity (Wildman–Crippen MR) is 75.5 cm³/mol. The second-order valence-electron chi connectivity index (χ2n) is 4.87. The minimum atomic E-state index is -1.10. The number of aliphatic carboxylic acids is 1. The lowest BCUT2D eigenvalue weighted by molar-refractivity contribution is -0.135. The highest BCUT2D eigenvalue weighted by Gasteiger charge is 2.30. The number of carbonyl (C=O) groups excluding carboxylic acids is 1. The fraction of sp³-hybridized carbons (Fsp3) is 0.429. The first-order valence-electron chi connectivity index (χ1n) is 6.61. The highest BCUT2D eigenvalue weighted by molar-refractivity contribution is 5.96. The lowest BCUT2D eigenvalue weighted by Crippen LogP contribution is -2.45. The Balaban J connectivity index is 2.17. The molecule has 7 nitrogen and oxygen atoms in total. The van der Waals surface area contributed by atoms with Crippen molar-refractivity contribution in [2.75, 3.05) is 31.6 Å². The third-order valence-corrected chi connectivity index (χ3v) is 3.43. The summed E-state index contributed by atoms with van der Waals surface area (Å²) in [6, 6.07) is 5.49. The molecule has 0 spiro atoms. The van der Waals surface area contributed by atoms with Crippen LogP contribution in [0.15, 0.2) is 24.3 Å². The van der Waals surface area contributed by atoms with E-state index in [0.29, 0.717) is 18.8 Å². The van der Waals surface area contributed by atoms with E-state index in [1.165, 1.54) is 29.2 Å². The van der Waals surface area contributed by atoms with E-state index in [9.17, 15) is 14.7 Å². The number of hydrogen-bond donors (Lipinski definition) is 2. The molecule has 1 saturated heterocycles. The third kappa shape index (κ3) is 3.63. The fourth-order valence-electron chi connectivity index (χ4n) is 2.30. The number of benzene rings is 1. The Bertz CT molecular complexity index is 517. The van der Waals surface area contributed by atoms with Crippen LogP contribution < -0.4 is 4.90 Å². The normalized spacial score (nSPS) is 17.8. The number of methoxy groups -OCH3 is 1. The van der Waals surface area contributed by atoms with Crippen LogP contribution in [0.5, 0.6) is 5.75 Å². The molecule has 1 aromatic rings. The van der Waals surface area contributed by atoms with Crippen molar-refractivity contribution in [2.24, 2.45) is 0 Å². The molecule has 0 aliphatic carbocycles. The number of hydrogen-bond acceptors (Lipinski definition) is 4. The number of nitrogens with zero attached hydrogens (tertiary/aromatic N) is 2. The Kier molecular flexibility index (Phi) is 4.64. The van der Waals surface area contributed by atoms with Gasteiger partial charge in [0.25, 0.3) is 0 Å². The van der Waals surface area contributed by atoms with Crippen LogP contribution in [0.4, 0.5) is 10.5 Å². The highest BCUT2D eigenvalue weighted by Crippen LogP contribution is 2.22. The minimum Gasteiger partial charge on any atom is -0.508 e. The zero-order valence-electron chi connectivity index (χ0n) is 11.7. The van der Waals surface area contributed by atoms with Crippen molar-refractivity contribution in [3.05, 3.63) is 24.3 Å². The van der Waals surface area contributed by atoms with Crippen LogP contribution in [0.1, 0.15) is 6.42 Å². The van der Waals surface area contributed by atoms with Crippen molar-refractivity contribution >= 4 is 17.7 Å². The summed E-state index contributed by atoms with van der Waals surface area (Å²) < 4.78 is 5.21. The van der Waals surface area contributed by atoms with Crippen molar-refractivity contribution in [3.63, 3.8) is 0 Å². The SMILES string of the molecule is COC1CCN(C(=O)N(CC(=O)O)c2ccc(O)cc2)C1. The number of likely N-dealkylation sites (tertiary alicyclic amines) is 1. The van der Waals surface area contributed by atoms with Gasteiger partial charge in [0.1, 0.15) is 12.3 Å². The number of phenolic OH excluding ortho intramolecular Hbond substituents is 1. The summed E-state index contributed by atoms with van der Waals surface area (Å²) in [5, 5.41) is 18.3. The van der Waals surface area contributed by atoms with Gasteiger partial charge in [0.05, 0.1) is 6.10 Å². The van der Waals surface area contributed by atoms with Crippen LogP contribution in [0.3, 0.4) is 0 Å². The molecule has 114 valence electrons. The van der Waals surface area contributed by atoms with Gasteiger partial charge in [0, 0.05) is 25.9 Å². The second-order valence-corrected chi connectivity index (χ2v) is 4.87. The molecule has 1 aliphatic heterocycles. The second kappa shape index (κ2) is 6.45. The largest absolute Gasteiger partial charge is 0.508 e. The molecule has 0 radical (unpaired) electrons. The number of carboxylic acids is 1. The molecule has 2 rings (SSSR count). The van der Waals surface area contributed by atoms with Crippen molar-refractivity contribution < 1.29 is 24.5 Å². The summed E-state index contributed by atoms with van der Waals surface area (Å²) in [6.07, 6.45) is 0.721. The Hall–Kier alpha value is -2.28. The van der Waals surface area contributed by atoms with E-state index in [0.717, 1.165) is 6.42 Å². The Morgan fingerprint density at radius 3 is 2.57 bits per heavy atom. The van der Waals surface area contributed by atoms with Gasteiger partial charge >= 0.3 is 12.0 Å². The fourth-order valence-corrected chi connectivity index (χ4v) is 2.30. The number of rotatable bonds is 4. The summed E-state index contributed by atoms with van der Waals surface area (Å²) in [4.78, 5) is 26.3. The molecule has 7 heteroatoms. The Labute approximate surface area is 122 Å². The zero-order valence-corrected chi connectivity index (χ0v) is 11.7. The lowest BCUT2D eigenvalue weighted by atomic mass is 10.2. The van der Waals surface area contributed by atoms with Gasteiger partial charge in [0.15, 0.2) is 0 Å². The molecule has 1 fully saturated rings. The molecule has 1 aromatic carbocycles. The summed E-state index contributed by atoms with van der Waals surface area (Å²) >= 11 is 0. The van der Waals surface area contributed by atoms with Crippen LogP contribution in [-0.2, 0) is 9.53 Å². The van der Waals surface area contributed by atoms with Gasteiger partial charge in [-0.25, -0.2) is 4.79 Å². The van der Waals surface area contributed by atoms with Gasteiger partial charge in [-0.15, -0.1) is 0 Å². The van der Waals surface area contributed by atoms with E-state index in [1.807, 2.05) is 0 Å². The number of aromatic hydroxyl groups is 1. The molecule has 0 aromatic heterocycles. The van der Waals surface area contributed by atoms with Gasteiger partial charge < -0.3 is 19.8 Å². The standard InChI is InChI=1S/C14H18N2O5/c1-21-12-6-7-15(8-12)14(20)16(9-13(18)19)10-2-4-11(17)5-3-10/h2-5,12,17H,6-9H2,1H3,(H,18,19). The topological polar surface area (TPSA) is 90.3 Å². The molecular formula is C14H18N2O5. The average molecular weight is 294 g/mol. The number of urea groups is 1. The maximum absolute atomic E-state index is 12.5. The number of amides is 2. The molecule has 0 saturated carbocycles. The highest BCUT2D eigenvalue weighted by atomic mass is 16.5. The average Bonchev–Trinajstić information content (AvgIpc) is 2.94. The van der Waals surface area contributed by atoms with Crippen molar-refractivity contribution in [2.45, 2.75) is 12.5 Å². The number of phenols is 1. The first kappa shape index (κ1) is 15.1. The Morgan fingerprint density at radius 2 is 2.05 bits per heavy atom. The van der Waals surface area contributed by atoms with Gasteiger partial charge in [-0.3, -0.25) is 9.69 Å². The zero-order chi connectivity index (χ0) is 15.4. The predicted octanol–water partition coefficient (Wildman–Crippen LogP) is 1.12. The summed E-state index contributed by atoms with van der Waals surface area (Å²) in [7, 11) is 1.59. The van der Waals surface area contributed by atoms with Crippen LogP contribution in [0.25, 0.3) is 0 Å². The molecule has 1 unspecified atom stereocenters. The maximum Gasteiger partial charge on any atom is 0.325 e. The van der Waals surface area contributed by atoms with E-state index in [2.05, 4.69) is 0 Å². The molecule has 1 aliphatic rings. The van der Waals surface area contributed by atoms with Crippen LogP contribution in [0, 0.1) is 0 Å². The van der Waals surface area contributed by atoms with E-state index in [-0.39, 0.29) is 17.9 Å². The molecule has 21 heavy (non-hydrogen) atoms.